The third-order valence-electron chi connectivity index (χ3n) is 3.29. The second-order valence-electron chi connectivity index (χ2n) is 4.93. The van der Waals surface area contributed by atoms with Crippen molar-refractivity contribution >= 4 is 5.97 Å². The van der Waals surface area contributed by atoms with Gasteiger partial charge in [-0.2, -0.15) is 0 Å². The van der Waals surface area contributed by atoms with Crippen LogP contribution < -0.4 is 5.32 Å². The molecule has 1 N–H and O–H groups in total. The van der Waals surface area contributed by atoms with Crippen molar-refractivity contribution in [2.75, 3.05) is 19.6 Å². The molecule has 1 aromatic rings. The van der Waals surface area contributed by atoms with Gasteiger partial charge in [0.15, 0.2) is 0 Å². The van der Waals surface area contributed by atoms with E-state index in [1.807, 2.05) is 18.2 Å². The van der Waals surface area contributed by atoms with Gasteiger partial charge in [-0.25, -0.2) is 4.79 Å². The van der Waals surface area contributed by atoms with E-state index in [0.29, 0.717) is 11.6 Å². The molecule has 0 spiro atoms. The highest BCUT2D eigenvalue weighted by atomic mass is 16.7. The van der Waals surface area contributed by atoms with Crippen molar-refractivity contribution in [2.24, 2.45) is 0 Å². The monoisotopic (exact) mass is 262 g/mol. The minimum Gasteiger partial charge on any atom is -0.364 e. The summed E-state index contributed by atoms with van der Waals surface area (Å²) >= 11 is 0. The Bertz CT molecular complexity index is 394. The first kappa shape index (κ1) is 14.0. The third-order valence-corrected chi connectivity index (χ3v) is 3.29. The summed E-state index contributed by atoms with van der Waals surface area (Å²) in [6.45, 7) is 4.77. The second kappa shape index (κ2) is 7.26. The zero-order valence-corrected chi connectivity index (χ0v) is 11.5. The number of carbonyl (C=O) groups excluding carboxylic acids is 1. The lowest BCUT2D eigenvalue weighted by Crippen LogP contribution is -2.46. The Kier molecular flexibility index (Phi) is 5.36. The van der Waals surface area contributed by atoms with E-state index in [0.717, 1.165) is 38.9 Å². The van der Waals surface area contributed by atoms with Crippen molar-refractivity contribution in [3.63, 3.8) is 0 Å². The Morgan fingerprint density at radius 1 is 1.42 bits per heavy atom. The summed E-state index contributed by atoms with van der Waals surface area (Å²) in [4.78, 5) is 17.4. The maximum atomic E-state index is 11.9. The molecule has 0 aromatic heterocycles. The van der Waals surface area contributed by atoms with Gasteiger partial charge in [0.05, 0.1) is 12.1 Å². The summed E-state index contributed by atoms with van der Waals surface area (Å²) in [7, 11) is 0. The van der Waals surface area contributed by atoms with Crippen molar-refractivity contribution in [3.05, 3.63) is 35.9 Å². The van der Waals surface area contributed by atoms with E-state index in [4.69, 9.17) is 4.84 Å². The van der Waals surface area contributed by atoms with Gasteiger partial charge in [-0.3, -0.25) is 0 Å². The molecule has 1 atom stereocenters. The van der Waals surface area contributed by atoms with E-state index in [9.17, 15) is 4.79 Å². The smallest absolute Gasteiger partial charge is 0.357 e. The average molecular weight is 262 g/mol. The van der Waals surface area contributed by atoms with Gasteiger partial charge in [0, 0.05) is 12.6 Å². The van der Waals surface area contributed by atoms with Gasteiger partial charge in [0.2, 0.25) is 0 Å². The quantitative estimate of drug-likeness (QED) is 0.883. The minimum absolute atomic E-state index is 0.267. The first-order valence-electron chi connectivity index (χ1n) is 7.05. The minimum atomic E-state index is -0.267. The Labute approximate surface area is 114 Å². The topological polar surface area (TPSA) is 41.6 Å². The SMILES string of the molecule is CCCNC1CCCN(OC(=O)c2ccccc2)C1. The number of hydrogen-bond acceptors (Lipinski definition) is 4. The predicted molar refractivity (Wildman–Crippen MR) is 74.7 cm³/mol. The summed E-state index contributed by atoms with van der Waals surface area (Å²) in [5.41, 5.74) is 0.603. The van der Waals surface area contributed by atoms with Gasteiger partial charge >= 0.3 is 5.97 Å². The molecule has 0 radical (unpaired) electrons. The van der Waals surface area contributed by atoms with Crippen LogP contribution in [-0.4, -0.2) is 36.7 Å². The molecule has 19 heavy (non-hydrogen) atoms. The highest BCUT2D eigenvalue weighted by Crippen LogP contribution is 2.12. The van der Waals surface area contributed by atoms with Crippen molar-refractivity contribution in [2.45, 2.75) is 32.2 Å². The van der Waals surface area contributed by atoms with Gasteiger partial charge in [-0.05, 0) is 37.9 Å². The zero-order chi connectivity index (χ0) is 13.5. The molecule has 4 heteroatoms. The van der Waals surface area contributed by atoms with Crippen LogP contribution in [0.1, 0.15) is 36.5 Å². The lowest BCUT2D eigenvalue weighted by Gasteiger charge is -2.31. The molecule has 1 aromatic carbocycles. The molecule has 2 rings (SSSR count). The van der Waals surface area contributed by atoms with Crippen LogP contribution in [0.25, 0.3) is 0 Å². The fourth-order valence-corrected chi connectivity index (χ4v) is 2.28. The number of carbonyl (C=O) groups is 1. The summed E-state index contributed by atoms with van der Waals surface area (Å²) in [6.07, 6.45) is 3.34. The zero-order valence-electron chi connectivity index (χ0n) is 11.5. The first-order chi connectivity index (χ1) is 9.29. The molecule has 1 unspecified atom stereocenters. The molecule has 0 aliphatic carbocycles. The number of rotatable bonds is 5. The highest BCUT2D eigenvalue weighted by molar-refractivity contribution is 5.89. The van der Waals surface area contributed by atoms with E-state index in [1.165, 1.54) is 0 Å². The number of hydrogen-bond donors (Lipinski definition) is 1. The normalized spacial score (nSPS) is 20.2. The van der Waals surface area contributed by atoms with Crippen molar-refractivity contribution in [3.8, 4) is 0 Å². The van der Waals surface area contributed by atoms with Crippen LogP contribution in [0.3, 0.4) is 0 Å². The molecule has 0 amide bonds. The lowest BCUT2D eigenvalue weighted by atomic mass is 10.1. The van der Waals surface area contributed by atoms with Crippen molar-refractivity contribution in [1.29, 1.82) is 0 Å². The Morgan fingerprint density at radius 2 is 2.21 bits per heavy atom. The molecule has 0 bridgehead atoms. The first-order valence-corrected chi connectivity index (χ1v) is 7.05. The standard InChI is InChI=1S/C15H22N2O2/c1-2-10-16-14-9-6-11-17(12-14)19-15(18)13-7-4-3-5-8-13/h3-5,7-8,14,16H,2,6,9-12H2,1H3. The summed E-state index contributed by atoms with van der Waals surface area (Å²) in [6, 6.07) is 9.56. The largest absolute Gasteiger partial charge is 0.364 e. The number of nitrogens with one attached hydrogen (secondary N) is 1. The molecule has 1 aliphatic rings. The van der Waals surface area contributed by atoms with Crippen LogP contribution >= 0.6 is 0 Å². The molecular weight excluding hydrogens is 240 g/mol. The van der Waals surface area contributed by atoms with Crippen molar-refractivity contribution < 1.29 is 9.63 Å². The van der Waals surface area contributed by atoms with E-state index in [2.05, 4.69) is 12.2 Å². The van der Waals surface area contributed by atoms with E-state index in [1.54, 1.807) is 17.2 Å². The molecule has 1 aliphatic heterocycles. The fourth-order valence-electron chi connectivity index (χ4n) is 2.28. The summed E-state index contributed by atoms with van der Waals surface area (Å²) in [5, 5.41) is 5.27. The molecular formula is C15H22N2O2. The van der Waals surface area contributed by atoms with Gasteiger partial charge < -0.3 is 10.2 Å². The van der Waals surface area contributed by atoms with Crippen molar-refractivity contribution in [1.82, 2.24) is 10.4 Å². The molecule has 104 valence electrons. The molecule has 1 saturated heterocycles. The van der Waals surface area contributed by atoms with Crippen LogP contribution in [0.2, 0.25) is 0 Å². The Morgan fingerprint density at radius 3 is 2.95 bits per heavy atom. The molecule has 1 heterocycles. The van der Waals surface area contributed by atoms with E-state index < -0.39 is 0 Å². The van der Waals surface area contributed by atoms with E-state index in [-0.39, 0.29) is 5.97 Å². The summed E-state index contributed by atoms with van der Waals surface area (Å²) < 4.78 is 0. The van der Waals surface area contributed by atoms with Gasteiger partial charge in [0.25, 0.3) is 0 Å². The number of nitrogens with zero attached hydrogens (tertiary/aromatic N) is 1. The van der Waals surface area contributed by atoms with Crippen LogP contribution in [0, 0.1) is 0 Å². The van der Waals surface area contributed by atoms with Gasteiger partial charge in [0.1, 0.15) is 0 Å². The summed E-state index contributed by atoms with van der Waals surface area (Å²) in [5.74, 6) is -0.267. The second-order valence-corrected chi connectivity index (χ2v) is 4.93. The molecule has 1 fully saturated rings. The maximum absolute atomic E-state index is 11.9. The lowest BCUT2D eigenvalue weighted by molar-refractivity contribution is -0.125. The highest BCUT2D eigenvalue weighted by Gasteiger charge is 2.22. The Hall–Kier alpha value is -1.39. The van der Waals surface area contributed by atoms with Gasteiger partial charge in [-0.15, -0.1) is 5.06 Å². The third kappa shape index (κ3) is 4.33. The average Bonchev–Trinajstić information content (AvgIpc) is 2.46. The van der Waals surface area contributed by atoms with Crippen LogP contribution in [0.15, 0.2) is 30.3 Å². The van der Waals surface area contributed by atoms with E-state index >= 15 is 0 Å². The fraction of sp³-hybridized carbons (Fsp3) is 0.533. The van der Waals surface area contributed by atoms with Crippen LogP contribution in [-0.2, 0) is 4.84 Å². The number of benzene rings is 1. The molecule has 0 saturated carbocycles. The number of piperidine rings is 1. The van der Waals surface area contributed by atoms with Gasteiger partial charge in [-0.1, -0.05) is 25.1 Å². The number of hydroxylamine groups is 2. The van der Waals surface area contributed by atoms with Crippen LogP contribution in [0.5, 0.6) is 0 Å². The van der Waals surface area contributed by atoms with Crippen LogP contribution in [0.4, 0.5) is 0 Å². The maximum Gasteiger partial charge on any atom is 0.357 e. The Balaban J connectivity index is 1.83. The molecule has 4 nitrogen and oxygen atoms in total. The predicted octanol–water partition coefficient (Wildman–Crippen LogP) is 2.22.